The average molecular weight is 339 g/mol. The Morgan fingerprint density at radius 3 is 2.40 bits per heavy atom. The lowest BCUT2D eigenvalue weighted by molar-refractivity contribution is -0.115. The second-order valence-corrected chi connectivity index (χ2v) is 6.22. The minimum absolute atomic E-state index is 0.0785. The first-order valence-electron chi connectivity index (χ1n) is 8.62. The molecule has 132 valence electrons. The van der Waals surface area contributed by atoms with E-state index in [0.717, 1.165) is 24.0 Å². The molecule has 0 aliphatic heterocycles. The molecule has 25 heavy (non-hydrogen) atoms. The largest absolute Gasteiger partial charge is 0.462 e. The number of rotatable bonds is 7. The average Bonchev–Trinajstić information content (AvgIpc) is 2.58. The van der Waals surface area contributed by atoms with Gasteiger partial charge in [0.05, 0.1) is 18.6 Å². The van der Waals surface area contributed by atoms with Crippen LogP contribution in [0.5, 0.6) is 0 Å². The van der Waals surface area contributed by atoms with Crippen molar-refractivity contribution in [2.45, 2.75) is 40.0 Å². The van der Waals surface area contributed by atoms with Gasteiger partial charge in [-0.3, -0.25) is 4.79 Å². The zero-order valence-corrected chi connectivity index (χ0v) is 15.1. The van der Waals surface area contributed by atoms with E-state index < -0.39 is 0 Å². The highest BCUT2D eigenvalue weighted by molar-refractivity contribution is 5.94. The van der Waals surface area contributed by atoms with E-state index in [1.165, 1.54) is 5.56 Å². The fraction of sp³-hybridized carbons (Fsp3) is 0.333. The second-order valence-electron chi connectivity index (χ2n) is 6.22. The van der Waals surface area contributed by atoms with E-state index in [9.17, 15) is 9.59 Å². The highest BCUT2D eigenvalue weighted by atomic mass is 16.5. The number of carbonyl (C=O) groups excluding carboxylic acids is 2. The molecule has 2 aromatic carbocycles. The van der Waals surface area contributed by atoms with Crippen molar-refractivity contribution in [2.75, 3.05) is 11.9 Å². The number of amides is 1. The molecule has 0 radical (unpaired) electrons. The number of unbranched alkanes of at least 4 members (excludes halogenated alkanes) is 1. The van der Waals surface area contributed by atoms with Gasteiger partial charge < -0.3 is 10.1 Å². The van der Waals surface area contributed by atoms with E-state index in [1.807, 2.05) is 32.9 Å². The van der Waals surface area contributed by atoms with Crippen LogP contribution in [0.4, 0.5) is 5.69 Å². The Morgan fingerprint density at radius 2 is 1.76 bits per heavy atom. The van der Waals surface area contributed by atoms with Crippen molar-refractivity contribution in [1.82, 2.24) is 0 Å². The van der Waals surface area contributed by atoms with Crippen LogP contribution in [0.25, 0.3) is 0 Å². The molecule has 0 atom stereocenters. The van der Waals surface area contributed by atoms with Crippen molar-refractivity contribution in [1.29, 1.82) is 0 Å². The Labute approximate surface area is 149 Å². The molecule has 0 aromatic heterocycles. The molecule has 0 saturated carbocycles. The van der Waals surface area contributed by atoms with Crippen molar-refractivity contribution < 1.29 is 14.3 Å². The van der Waals surface area contributed by atoms with Crippen molar-refractivity contribution in [3.63, 3.8) is 0 Å². The molecule has 0 aliphatic carbocycles. The van der Waals surface area contributed by atoms with Gasteiger partial charge in [0.15, 0.2) is 0 Å². The Kier molecular flexibility index (Phi) is 6.75. The van der Waals surface area contributed by atoms with E-state index in [1.54, 1.807) is 24.3 Å². The summed E-state index contributed by atoms with van der Waals surface area (Å²) < 4.78 is 5.16. The SMILES string of the molecule is CCCCOC(=O)c1ccc(NC(=O)Cc2ccc(C)cc2C)cc1. The minimum Gasteiger partial charge on any atom is -0.462 e. The van der Waals surface area contributed by atoms with Crippen molar-refractivity contribution in [3.8, 4) is 0 Å². The fourth-order valence-corrected chi connectivity index (χ4v) is 2.50. The van der Waals surface area contributed by atoms with Crippen LogP contribution in [-0.2, 0) is 16.0 Å². The van der Waals surface area contributed by atoms with Crippen LogP contribution in [0, 0.1) is 13.8 Å². The third kappa shape index (κ3) is 5.75. The summed E-state index contributed by atoms with van der Waals surface area (Å²) in [4.78, 5) is 24.1. The van der Waals surface area contributed by atoms with E-state index in [-0.39, 0.29) is 11.9 Å². The monoisotopic (exact) mass is 339 g/mol. The molecule has 2 aromatic rings. The first kappa shape index (κ1) is 18.7. The number of aryl methyl sites for hydroxylation is 2. The Bertz CT molecular complexity index is 735. The number of nitrogens with one attached hydrogen (secondary N) is 1. The van der Waals surface area contributed by atoms with Gasteiger partial charge in [0.1, 0.15) is 0 Å². The number of benzene rings is 2. The third-order valence-electron chi connectivity index (χ3n) is 3.98. The van der Waals surface area contributed by atoms with Gasteiger partial charge >= 0.3 is 5.97 Å². The third-order valence-corrected chi connectivity index (χ3v) is 3.98. The maximum atomic E-state index is 12.2. The van der Waals surface area contributed by atoms with Crippen LogP contribution in [0.1, 0.15) is 46.8 Å². The normalized spacial score (nSPS) is 10.4. The van der Waals surface area contributed by atoms with E-state index >= 15 is 0 Å². The van der Waals surface area contributed by atoms with Gasteiger partial charge in [-0.2, -0.15) is 0 Å². The number of esters is 1. The summed E-state index contributed by atoms with van der Waals surface area (Å²) in [6.45, 7) is 6.52. The van der Waals surface area contributed by atoms with Crippen molar-refractivity contribution >= 4 is 17.6 Å². The molecular weight excluding hydrogens is 314 g/mol. The molecule has 2 rings (SSSR count). The fourth-order valence-electron chi connectivity index (χ4n) is 2.50. The Hall–Kier alpha value is -2.62. The topological polar surface area (TPSA) is 55.4 Å². The second kappa shape index (κ2) is 9.02. The van der Waals surface area contributed by atoms with Crippen LogP contribution in [0.15, 0.2) is 42.5 Å². The van der Waals surface area contributed by atoms with Crippen LogP contribution in [0.2, 0.25) is 0 Å². The van der Waals surface area contributed by atoms with Crippen LogP contribution in [-0.4, -0.2) is 18.5 Å². The molecule has 0 aliphatic rings. The molecule has 0 fully saturated rings. The predicted octanol–water partition coefficient (Wildman–Crippen LogP) is 4.44. The molecule has 1 N–H and O–H groups in total. The Morgan fingerprint density at radius 1 is 1.04 bits per heavy atom. The van der Waals surface area contributed by atoms with E-state index in [2.05, 4.69) is 11.4 Å². The van der Waals surface area contributed by atoms with Gasteiger partial charge in [-0.05, 0) is 55.7 Å². The first-order chi connectivity index (χ1) is 12.0. The van der Waals surface area contributed by atoms with Gasteiger partial charge in [-0.25, -0.2) is 4.79 Å². The van der Waals surface area contributed by atoms with Gasteiger partial charge in [-0.1, -0.05) is 37.1 Å². The first-order valence-corrected chi connectivity index (χ1v) is 8.62. The molecular formula is C21H25NO3. The predicted molar refractivity (Wildman–Crippen MR) is 99.9 cm³/mol. The van der Waals surface area contributed by atoms with Gasteiger partial charge in [0.25, 0.3) is 0 Å². The van der Waals surface area contributed by atoms with E-state index in [0.29, 0.717) is 24.3 Å². The van der Waals surface area contributed by atoms with Gasteiger partial charge in [-0.15, -0.1) is 0 Å². The number of anilines is 1. The highest BCUT2D eigenvalue weighted by Gasteiger charge is 2.09. The summed E-state index contributed by atoms with van der Waals surface area (Å²) >= 11 is 0. The molecule has 0 saturated heterocycles. The summed E-state index contributed by atoms with van der Waals surface area (Å²) in [6, 6.07) is 12.8. The van der Waals surface area contributed by atoms with E-state index in [4.69, 9.17) is 4.74 Å². The summed E-state index contributed by atoms with van der Waals surface area (Å²) in [5, 5.41) is 2.86. The van der Waals surface area contributed by atoms with Crippen molar-refractivity contribution in [3.05, 3.63) is 64.7 Å². The summed E-state index contributed by atoms with van der Waals surface area (Å²) in [7, 11) is 0. The maximum Gasteiger partial charge on any atom is 0.338 e. The lowest BCUT2D eigenvalue weighted by atomic mass is 10.0. The smallest absolute Gasteiger partial charge is 0.338 e. The standard InChI is InChI=1S/C21H25NO3/c1-4-5-12-25-21(24)17-8-10-19(11-9-17)22-20(23)14-18-7-6-15(2)13-16(18)3/h6-11,13H,4-5,12,14H2,1-3H3,(H,22,23). The number of hydrogen-bond donors (Lipinski definition) is 1. The zero-order chi connectivity index (χ0) is 18.2. The molecule has 0 spiro atoms. The zero-order valence-electron chi connectivity index (χ0n) is 15.1. The van der Waals surface area contributed by atoms with Gasteiger partial charge in [0.2, 0.25) is 5.91 Å². The molecule has 0 unspecified atom stereocenters. The minimum atomic E-state index is -0.332. The molecule has 1 amide bonds. The van der Waals surface area contributed by atoms with Gasteiger partial charge in [0, 0.05) is 5.69 Å². The summed E-state index contributed by atoms with van der Waals surface area (Å²) in [5.74, 6) is -0.410. The highest BCUT2D eigenvalue weighted by Crippen LogP contribution is 2.14. The lowest BCUT2D eigenvalue weighted by Crippen LogP contribution is -2.15. The number of hydrogen-bond acceptors (Lipinski definition) is 3. The molecule has 0 bridgehead atoms. The molecule has 0 heterocycles. The number of ether oxygens (including phenoxy) is 1. The number of carbonyl (C=O) groups is 2. The van der Waals surface area contributed by atoms with Crippen LogP contribution < -0.4 is 5.32 Å². The molecule has 4 heteroatoms. The maximum absolute atomic E-state index is 12.2. The van der Waals surface area contributed by atoms with Crippen molar-refractivity contribution in [2.24, 2.45) is 0 Å². The van der Waals surface area contributed by atoms with Crippen LogP contribution >= 0.6 is 0 Å². The quantitative estimate of drug-likeness (QED) is 0.599. The Balaban J connectivity index is 1.91. The summed E-state index contributed by atoms with van der Waals surface area (Å²) in [5.41, 5.74) is 4.46. The molecule has 4 nitrogen and oxygen atoms in total. The lowest BCUT2D eigenvalue weighted by Gasteiger charge is -2.09. The summed E-state index contributed by atoms with van der Waals surface area (Å²) in [6.07, 6.45) is 2.17. The van der Waals surface area contributed by atoms with Crippen LogP contribution in [0.3, 0.4) is 0 Å².